The molecule has 1 unspecified atom stereocenters. The SMILES string of the molecule is CNC(=O)c1ccc(NC(C)c2ccc(C)c(C)c2)cc1. The van der Waals surface area contributed by atoms with Crippen molar-refractivity contribution in [3.8, 4) is 0 Å². The van der Waals surface area contributed by atoms with Gasteiger partial charge in [0.2, 0.25) is 0 Å². The fourth-order valence-corrected chi connectivity index (χ4v) is 2.23. The third kappa shape index (κ3) is 3.63. The minimum Gasteiger partial charge on any atom is -0.379 e. The topological polar surface area (TPSA) is 41.1 Å². The van der Waals surface area contributed by atoms with E-state index in [2.05, 4.69) is 49.6 Å². The summed E-state index contributed by atoms with van der Waals surface area (Å²) in [5, 5.41) is 6.08. The highest BCUT2D eigenvalue weighted by Gasteiger charge is 2.07. The molecular formula is C18H22N2O. The lowest BCUT2D eigenvalue weighted by atomic mass is 10.0. The first kappa shape index (κ1) is 15.1. The van der Waals surface area contributed by atoms with Gasteiger partial charge in [-0.15, -0.1) is 0 Å². The molecule has 0 bridgehead atoms. The number of hydrogen-bond donors (Lipinski definition) is 2. The molecule has 0 fully saturated rings. The van der Waals surface area contributed by atoms with Gasteiger partial charge in [-0.1, -0.05) is 18.2 Å². The highest BCUT2D eigenvalue weighted by atomic mass is 16.1. The van der Waals surface area contributed by atoms with Gasteiger partial charge >= 0.3 is 0 Å². The number of carbonyl (C=O) groups excluding carboxylic acids is 1. The fourth-order valence-electron chi connectivity index (χ4n) is 2.23. The molecule has 2 N–H and O–H groups in total. The van der Waals surface area contributed by atoms with Crippen LogP contribution in [0, 0.1) is 13.8 Å². The first-order valence-electron chi connectivity index (χ1n) is 7.17. The van der Waals surface area contributed by atoms with Crippen LogP contribution in [0.25, 0.3) is 0 Å². The minimum atomic E-state index is -0.0660. The maximum absolute atomic E-state index is 11.5. The predicted octanol–water partition coefficient (Wildman–Crippen LogP) is 3.84. The number of carbonyl (C=O) groups is 1. The number of benzene rings is 2. The molecule has 0 aromatic heterocycles. The van der Waals surface area contributed by atoms with Crippen LogP contribution >= 0.6 is 0 Å². The highest BCUT2D eigenvalue weighted by molar-refractivity contribution is 5.94. The highest BCUT2D eigenvalue weighted by Crippen LogP contribution is 2.21. The van der Waals surface area contributed by atoms with E-state index in [0.717, 1.165) is 5.69 Å². The fraction of sp³-hybridized carbons (Fsp3) is 0.278. The summed E-state index contributed by atoms with van der Waals surface area (Å²) in [5.41, 5.74) is 5.54. The average molecular weight is 282 g/mol. The third-order valence-corrected chi connectivity index (χ3v) is 3.79. The Bertz CT molecular complexity index is 632. The molecule has 3 nitrogen and oxygen atoms in total. The zero-order valence-corrected chi connectivity index (χ0v) is 13.0. The van der Waals surface area contributed by atoms with E-state index in [1.165, 1.54) is 16.7 Å². The second-order valence-electron chi connectivity index (χ2n) is 5.37. The summed E-state index contributed by atoms with van der Waals surface area (Å²) in [6.07, 6.45) is 0. The second kappa shape index (κ2) is 6.44. The molecule has 3 heteroatoms. The van der Waals surface area contributed by atoms with E-state index in [9.17, 15) is 4.79 Å². The van der Waals surface area contributed by atoms with Gasteiger partial charge in [0.05, 0.1) is 0 Å². The standard InChI is InChI=1S/C18H22N2O/c1-12-5-6-16(11-13(12)2)14(3)20-17-9-7-15(8-10-17)18(21)19-4/h5-11,14,20H,1-4H3,(H,19,21). The van der Waals surface area contributed by atoms with E-state index in [4.69, 9.17) is 0 Å². The van der Waals surface area contributed by atoms with Crippen molar-refractivity contribution in [3.63, 3.8) is 0 Å². The number of nitrogens with one attached hydrogen (secondary N) is 2. The summed E-state index contributed by atoms with van der Waals surface area (Å²) in [6, 6.07) is 14.3. The molecule has 0 heterocycles. The van der Waals surface area contributed by atoms with Crippen LogP contribution in [0.1, 0.15) is 40.0 Å². The molecule has 110 valence electrons. The molecule has 1 atom stereocenters. The lowest BCUT2D eigenvalue weighted by Crippen LogP contribution is -2.17. The van der Waals surface area contributed by atoms with E-state index in [-0.39, 0.29) is 11.9 Å². The third-order valence-electron chi connectivity index (χ3n) is 3.79. The molecule has 0 spiro atoms. The summed E-state index contributed by atoms with van der Waals surface area (Å²) in [5.74, 6) is -0.0660. The molecule has 0 saturated heterocycles. The van der Waals surface area contributed by atoms with Crippen molar-refractivity contribution in [1.29, 1.82) is 0 Å². The Balaban J connectivity index is 2.10. The minimum absolute atomic E-state index is 0.0660. The molecule has 21 heavy (non-hydrogen) atoms. The first-order valence-corrected chi connectivity index (χ1v) is 7.17. The van der Waals surface area contributed by atoms with Gasteiger partial charge in [0.1, 0.15) is 0 Å². The maximum Gasteiger partial charge on any atom is 0.251 e. The van der Waals surface area contributed by atoms with Crippen molar-refractivity contribution in [2.75, 3.05) is 12.4 Å². The molecule has 2 aromatic carbocycles. The Morgan fingerprint density at radius 2 is 1.67 bits per heavy atom. The van der Waals surface area contributed by atoms with E-state index in [0.29, 0.717) is 5.56 Å². The van der Waals surface area contributed by atoms with E-state index in [1.807, 2.05) is 24.3 Å². The first-order chi connectivity index (χ1) is 10.0. The van der Waals surface area contributed by atoms with Crippen LogP contribution in [0.3, 0.4) is 0 Å². The number of aryl methyl sites for hydroxylation is 2. The van der Waals surface area contributed by atoms with Gasteiger partial charge in [-0.3, -0.25) is 4.79 Å². The van der Waals surface area contributed by atoms with Gasteiger partial charge in [-0.2, -0.15) is 0 Å². The average Bonchev–Trinajstić information content (AvgIpc) is 2.50. The summed E-state index contributed by atoms with van der Waals surface area (Å²) in [6.45, 7) is 6.38. The Morgan fingerprint density at radius 1 is 1.00 bits per heavy atom. The Labute approximate surface area is 126 Å². The van der Waals surface area contributed by atoms with Crippen LogP contribution in [0.2, 0.25) is 0 Å². The van der Waals surface area contributed by atoms with Crippen LogP contribution in [0.5, 0.6) is 0 Å². The van der Waals surface area contributed by atoms with Crippen LogP contribution in [0.15, 0.2) is 42.5 Å². The van der Waals surface area contributed by atoms with Crippen molar-refractivity contribution in [1.82, 2.24) is 5.32 Å². The monoisotopic (exact) mass is 282 g/mol. The normalized spacial score (nSPS) is 11.8. The molecule has 0 aliphatic carbocycles. The molecule has 0 saturated carbocycles. The zero-order chi connectivity index (χ0) is 15.4. The van der Waals surface area contributed by atoms with E-state index in [1.54, 1.807) is 7.05 Å². The molecule has 0 aliphatic heterocycles. The van der Waals surface area contributed by atoms with Crippen molar-refractivity contribution < 1.29 is 4.79 Å². The van der Waals surface area contributed by atoms with Gasteiger partial charge in [0.25, 0.3) is 5.91 Å². The molecule has 2 aromatic rings. The smallest absolute Gasteiger partial charge is 0.251 e. The lowest BCUT2D eigenvalue weighted by molar-refractivity contribution is 0.0963. The second-order valence-corrected chi connectivity index (χ2v) is 5.37. The summed E-state index contributed by atoms with van der Waals surface area (Å²) in [4.78, 5) is 11.5. The van der Waals surface area contributed by atoms with Gasteiger partial charge in [0, 0.05) is 24.3 Å². The van der Waals surface area contributed by atoms with Gasteiger partial charge < -0.3 is 10.6 Å². The van der Waals surface area contributed by atoms with Crippen LogP contribution in [0.4, 0.5) is 5.69 Å². The Morgan fingerprint density at radius 3 is 2.24 bits per heavy atom. The lowest BCUT2D eigenvalue weighted by Gasteiger charge is -2.17. The Hall–Kier alpha value is -2.29. The van der Waals surface area contributed by atoms with Crippen molar-refractivity contribution in [3.05, 3.63) is 64.7 Å². The zero-order valence-electron chi connectivity index (χ0n) is 13.0. The summed E-state index contributed by atoms with van der Waals surface area (Å²) in [7, 11) is 1.64. The predicted molar refractivity (Wildman–Crippen MR) is 87.8 cm³/mol. The number of amides is 1. The van der Waals surface area contributed by atoms with Gasteiger partial charge in [-0.05, 0) is 61.7 Å². The van der Waals surface area contributed by atoms with E-state index < -0.39 is 0 Å². The van der Waals surface area contributed by atoms with Gasteiger partial charge in [-0.25, -0.2) is 0 Å². The number of hydrogen-bond acceptors (Lipinski definition) is 2. The number of anilines is 1. The quantitative estimate of drug-likeness (QED) is 0.894. The molecule has 2 rings (SSSR count). The molecule has 1 amide bonds. The molecule has 0 aliphatic rings. The largest absolute Gasteiger partial charge is 0.379 e. The van der Waals surface area contributed by atoms with Crippen LogP contribution < -0.4 is 10.6 Å². The van der Waals surface area contributed by atoms with Crippen molar-refractivity contribution in [2.45, 2.75) is 26.8 Å². The summed E-state index contributed by atoms with van der Waals surface area (Å²) >= 11 is 0. The van der Waals surface area contributed by atoms with Crippen molar-refractivity contribution >= 4 is 11.6 Å². The maximum atomic E-state index is 11.5. The van der Waals surface area contributed by atoms with E-state index >= 15 is 0 Å². The van der Waals surface area contributed by atoms with Crippen molar-refractivity contribution in [2.24, 2.45) is 0 Å². The number of rotatable bonds is 4. The molecule has 0 radical (unpaired) electrons. The van der Waals surface area contributed by atoms with Crippen LogP contribution in [-0.4, -0.2) is 13.0 Å². The molecular weight excluding hydrogens is 260 g/mol. The summed E-state index contributed by atoms with van der Waals surface area (Å²) < 4.78 is 0. The van der Waals surface area contributed by atoms with Gasteiger partial charge in [0.15, 0.2) is 0 Å². The Kier molecular flexibility index (Phi) is 4.63. The van der Waals surface area contributed by atoms with Crippen LogP contribution in [-0.2, 0) is 0 Å².